The van der Waals surface area contributed by atoms with E-state index in [1.807, 2.05) is 0 Å². The molecule has 116 valence electrons. The van der Waals surface area contributed by atoms with E-state index < -0.39 is 24.2 Å². The van der Waals surface area contributed by atoms with Crippen LogP contribution >= 0.6 is 22.6 Å². The Kier molecular flexibility index (Phi) is 7.04. The van der Waals surface area contributed by atoms with Crippen LogP contribution in [0.2, 0.25) is 0 Å². The molecule has 0 aromatic heterocycles. The van der Waals surface area contributed by atoms with E-state index in [0.717, 1.165) is 32.1 Å². The lowest BCUT2D eigenvalue weighted by atomic mass is 9.98. The predicted octanol–water partition coefficient (Wildman–Crippen LogP) is 3.16. The van der Waals surface area contributed by atoms with Crippen molar-refractivity contribution in [3.8, 4) is 0 Å². The Hall–Kier alpha value is -0.540. The summed E-state index contributed by atoms with van der Waals surface area (Å²) in [5.41, 5.74) is 0. The molecule has 4 nitrogen and oxygen atoms in total. The minimum absolute atomic E-state index is 0.0966. The van der Waals surface area contributed by atoms with Crippen molar-refractivity contribution in [2.75, 3.05) is 4.43 Å². The predicted molar refractivity (Wildman–Crippen MR) is 72.4 cm³/mol. The van der Waals surface area contributed by atoms with Gasteiger partial charge in [0.05, 0.1) is 6.42 Å². The first-order chi connectivity index (χ1) is 9.32. The monoisotopic (exact) mass is 408 g/mol. The molecule has 1 rings (SSSR count). The molecular weight excluding hydrogens is 392 g/mol. The largest absolute Gasteiger partial charge is 0.490 e. The van der Waals surface area contributed by atoms with Gasteiger partial charge in [-0.3, -0.25) is 4.79 Å². The van der Waals surface area contributed by atoms with E-state index in [0.29, 0.717) is 0 Å². The lowest BCUT2D eigenvalue weighted by Crippen LogP contribution is -2.33. The van der Waals surface area contributed by atoms with Gasteiger partial charge < -0.3 is 9.47 Å². The van der Waals surface area contributed by atoms with Gasteiger partial charge in [0.1, 0.15) is 12.2 Å². The summed E-state index contributed by atoms with van der Waals surface area (Å²) in [6, 6.07) is 0. The number of esters is 2. The molecule has 0 spiro atoms. The smallest absolute Gasteiger partial charge is 0.462 e. The molecule has 0 aromatic rings. The number of ether oxygens (including phenoxy) is 2. The van der Waals surface area contributed by atoms with Crippen LogP contribution in [-0.4, -0.2) is 34.8 Å². The minimum Gasteiger partial charge on any atom is -0.462 e. The quantitative estimate of drug-likeness (QED) is 0.399. The molecule has 1 aliphatic carbocycles. The third kappa shape index (κ3) is 6.27. The van der Waals surface area contributed by atoms with E-state index in [1.165, 1.54) is 0 Å². The second kappa shape index (κ2) is 8.04. The third-order valence-electron chi connectivity index (χ3n) is 2.92. The number of alkyl halides is 4. The molecule has 0 N–H and O–H groups in total. The topological polar surface area (TPSA) is 52.6 Å². The summed E-state index contributed by atoms with van der Waals surface area (Å²) < 4.78 is 45.7. The number of carbonyl (C=O) groups excluding carboxylic acids is 2. The van der Waals surface area contributed by atoms with Crippen LogP contribution in [0.5, 0.6) is 0 Å². The highest BCUT2D eigenvalue weighted by Crippen LogP contribution is 2.22. The highest BCUT2D eigenvalue weighted by atomic mass is 127. The number of hydrogen-bond acceptors (Lipinski definition) is 4. The van der Waals surface area contributed by atoms with Crippen LogP contribution in [0.15, 0.2) is 0 Å². The standard InChI is InChI=1S/C12H16F3IO4/c13-12(14,15)11(18)20-9(7-16)6-10(17)19-8-4-2-1-3-5-8/h8-9H,1-7H2. The lowest BCUT2D eigenvalue weighted by Gasteiger charge is -2.23. The van der Waals surface area contributed by atoms with Crippen LogP contribution in [-0.2, 0) is 19.1 Å². The molecule has 0 radical (unpaired) electrons. The molecule has 1 unspecified atom stereocenters. The molecule has 0 amide bonds. The number of carbonyl (C=O) groups is 2. The molecule has 0 saturated heterocycles. The molecule has 1 fully saturated rings. The van der Waals surface area contributed by atoms with Crippen LogP contribution in [0.4, 0.5) is 13.2 Å². The van der Waals surface area contributed by atoms with Crippen LogP contribution in [0.25, 0.3) is 0 Å². The normalized spacial score (nSPS) is 18.4. The van der Waals surface area contributed by atoms with Gasteiger partial charge in [-0.15, -0.1) is 0 Å². The third-order valence-corrected chi connectivity index (χ3v) is 3.90. The second-order valence-electron chi connectivity index (χ2n) is 4.63. The summed E-state index contributed by atoms with van der Waals surface area (Å²) in [6.07, 6.45) is -2.03. The Morgan fingerprint density at radius 1 is 1.20 bits per heavy atom. The molecule has 0 aromatic carbocycles. The van der Waals surface area contributed by atoms with Crippen molar-refractivity contribution in [1.82, 2.24) is 0 Å². The van der Waals surface area contributed by atoms with Crippen LogP contribution < -0.4 is 0 Å². The second-order valence-corrected chi connectivity index (χ2v) is 5.51. The molecule has 0 aliphatic heterocycles. The van der Waals surface area contributed by atoms with Crippen molar-refractivity contribution in [3.63, 3.8) is 0 Å². The molecule has 1 atom stereocenters. The van der Waals surface area contributed by atoms with Gasteiger partial charge >= 0.3 is 18.1 Å². The minimum atomic E-state index is -5.04. The summed E-state index contributed by atoms with van der Waals surface area (Å²) in [5, 5.41) is 0. The van der Waals surface area contributed by atoms with Gasteiger partial charge in [-0.25, -0.2) is 4.79 Å². The van der Waals surface area contributed by atoms with Gasteiger partial charge in [-0.1, -0.05) is 29.0 Å². The van der Waals surface area contributed by atoms with E-state index in [9.17, 15) is 22.8 Å². The molecular formula is C12H16F3IO4. The highest BCUT2D eigenvalue weighted by Gasteiger charge is 2.42. The zero-order chi connectivity index (χ0) is 15.2. The molecule has 0 bridgehead atoms. The first-order valence-corrected chi connectivity index (χ1v) is 7.88. The Bertz CT molecular complexity index is 340. The zero-order valence-electron chi connectivity index (χ0n) is 10.7. The average Bonchev–Trinajstić information content (AvgIpc) is 2.37. The molecule has 1 saturated carbocycles. The summed E-state index contributed by atoms with van der Waals surface area (Å²) in [6.45, 7) is 0. The van der Waals surface area contributed by atoms with E-state index in [1.54, 1.807) is 22.6 Å². The van der Waals surface area contributed by atoms with Gasteiger partial charge in [-0.2, -0.15) is 13.2 Å². The fourth-order valence-electron chi connectivity index (χ4n) is 1.95. The number of hydrogen-bond donors (Lipinski definition) is 0. The van der Waals surface area contributed by atoms with E-state index in [2.05, 4.69) is 4.74 Å². The van der Waals surface area contributed by atoms with Crippen LogP contribution in [0.3, 0.4) is 0 Å². The first kappa shape index (κ1) is 17.5. The molecule has 1 aliphatic rings. The van der Waals surface area contributed by atoms with Crippen LogP contribution in [0.1, 0.15) is 38.5 Å². The maximum Gasteiger partial charge on any atom is 0.490 e. The number of rotatable bonds is 5. The zero-order valence-corrected chi connectivity index (χ0v) is 12.9. The maximum atomic E-state index is 12.1. The average molecular weight is 408 g/mol. The van der Waals surface area contributed by atoms with Crippen molar-refractivity contribution in [1.29, 1.82) is 0 Å². The van der Waals surface area contributed by atoms with E-state index in [4.69, 9.17) is 4.74 Å². The van der Waals surface area contributed by atoms with Gasteiger partial charge in [0.2, 0.25) is 0 Å². The Morgan fingerprint density at radius 3 is 2.30 bits per heavy atom. The van der Waals surface area contributed by atoms with Crippen LogP contribution in [0, 0.1) is 0 Å². The summed E-state index contributed by atoms with van der Waals surface area (Å²) in [4.78, 5) is 22.3. The van der Waals surface area contributed by atoms with Gasteiger partial charge in [0, 0.05) is 4.43 Å². The molecule has 0 heterocycles. The van der Waals surface area contributed by atoms with Gasteiger partial charge in [-0.05, 0) is 25.7 Å². The van der Waals surface area contributed by atoms with E-state index in [-0.39, 0.29) is 17.0 Å². The molecule has 8 heteroatoms. The Balaban J connectivity index is 2.39. The summed E-state index contributed by atoms with van der Waals surface area (Å²) in [5.74, 6) is -2.89. The molecule has 20 heavy (non-hydrogen) atoms. The van der Waals surface area contributed by atoms with Gasteiger partial charge in [0.15, 0.2) is 0 Å². The van der Waals surface area contributed by atoms with Crippen molar-refractivity contribution in [3.05, 3.63) is 0 Å². The van der Waals surface area contributed by atoms with Gasteiger partial charge in [0.25, 0.3) is 0 Å². The fourth-order valence-corrected chi connectivity index (χ4v) is 2.44. The Morgan fingerprint density at radius 2 is 1.80 bits per heavy atom. The Labute approximate surface area is 128 Å². The first-order valence-electron chi connectivity index (χ1n) is 6.36. The van der Waals surface area contributed by atoms with Crippen molar-refractivity contribution in [2.45, 2.75) is 56.9 Å². The van der Waals surface area contributed by atoms with Crippen molar-refractivity contribution >= 4 is 34.5 Å². The number of halogens is 4. The van der Waals surface area contributed by atoms with E-state index >= 15 is 0 Å². The lowest BCUT2D eigenvalue weighted by molar-refractivity contribution is -0.204. The summed E-state index contributed by atoms with van der Waals surface area (Å²) >= 11 is 1.76. The van der Waals surface area contributed by atoms with Crippen molar-refractivity contribution in [2.24, 2.45) is 0 Å². The summed E-state index contributed by atoms with van der Waals surface area (Å²) in [7, 11) is 0. The fraction of sp³-hybridized carbons (Fsp3) is 0.833. The SMILES string of the molecule is O=C(CC(CI)OC(=O)C(F)(F)F)OC1CCCCC1. The highest BCUT2D eigenvalue weighted by molar-refractivity contribution is 14.1. The van der Waals surface area contributed by atoms with Crippen molar-refractivity contribution < 1.29 is 32.2 Å². The maximum absolute atomic E-state index is 12.1.